The molecule has 0 saturated carbocycles. The predicted octanol–water partition coefficient (Wildman–Crippen LogP) is 3.27. The standard InChI is InChI=1S/C18H23N3OS/c1-19-18(23)21(16-9-11-17(22-4)12-10-16)13-14-5-7-15(8-6-14)20(2)3/h5-12H,13H2,1-4H3,(H,19,23). The minimum absolute atomic E-state index is 0.687. The SMILES string of the molecule is CNC(=S)N(Cc1ccc(N(C)C)cc1)c1ccc(OC)cc1. The topological polar surface area (TPSA) is 27.7 Å². The highest BCUT2D eigenvalue weighted by Gasteiger charge is 2.12. The molecule has 0 aliphatic carbocycles. The van der Waals surface area contributed by atoms with Crippen LogP contribution < -0.4 is 19.9 Å². The van der Waals surface area contributed by atoms with Gasteiger partial charge in [0, 0.05) is 32.5 Å². The van der Waals surface area contributed by atoms with Crippen LogP contribution in [0, 0.1) is 0 Å². The first kappa shape index (κ1) is 17.1. The molecule has 0 atom stereocenters. The molecule has 0 radical (unpaired) electrons. The van der Waals surface area contributed by atoms with Crippen molar-refractivity contribution in [3.8, 4) is 5.75 Å². The Hall–Kier alpha value is -2.27. The maximum atomic E-state index is 5.46. The summed E-state index contributed by atoms with van der Waals surface area (Å²) in [5.41, 5.74) is 3.41. The van der Waals surface area contributed by atoms with Crippen molar-refractivity contribution in [2.24, 2.45) is 0 Å². The van der Waals surface area contributed by atoms with Crippen LogP contribution in [0.15, 0.2) is 48.5 Å². The van der Waals surface area contributed by atoms with Crippen LogP contribution in [0.4, 0.5) is 11.4 Å². The summed E-state index contributed by atoms with van der Waals surface area (Å²) >= 11 is 5.46. The Morgan fingerprint density at radius 3 is 2.04 bits per heavy atom. The number of hydrogen-bond donors (Lipinski definition) is 1. The normalized spacial score (nSPS) is 10.1. The lowest BCUT2D eigenvalue weighted by molar-refractivity contribution is 0.415. The zero-order valence-corrected chi connectivity index (χ0v) is 14.9. The second-order valence-electron chi connectivity index (χ2n) is 5.40. The zero-order chi connectivity index (χ0) is 16.8. The molecule has 2 aromatic rings. The molecule has 0 fully saturated rings. The second-order valence-corrected chi connectivity index (χ2v) is 5.79. The summed E-state index contributed by atoms with van der Waals surface area (Å²) in [5.74, 6) is 0.833. The van der Waals surface area contributed by atoms with Crippen molar-refractivity contribution in [1.29, 1.82) is 0 Å². The quantitative estimate of drug-likeness (QED) is 0.850. The molecule has 2 rings (SSSR count). The fourth-order valence-corrected chi connectivity index (χ4v) is 2.43. The molecule has 0 amide bonds. The summed E-state index contributed by atoms with van der Waals surface area (Å²) in [7, 11) is 7.58. The van der Waals surface area contributed by atoms with Gasteiger partial charge in [0.1, 0.15) is 5.75 Å². The summed E-state index contributed by atoms with van der Waals surface area (Å²) in [5, 5.41) is 3.75. The van der Waals surface area contributed by atoms with Crippen molar-refractivity contribution in [2.75, 3.05) is 38.1 Å². The molecule has 5 heteroatoms. The number of nitrogens with zero attached hydrogens (tertiary/aromatic N) is 2. The van der Waals surface area contributed by atoms with Crippen LogP contribution in [0.3, 0.4) is 0 Å². The highest BCUT2D eigenvalue weighted by Crippen LogP contribution is 2.22. The summed E-state index contributed by atoms with van der Waals surface area (Å²) in [6.45, 7) is 0.708. The van der Waals surface area contributed by atoms with E-state index < -0.39 is 0 Å². The van der Waals surface area contributed by atoms with Gasteiger partial charge in [0.2, 0.25) is 0 Å². The Balaban J connectivity index is 2.22. The Bertz CT molecular complexity index is 638. The molecule has 0 saturated heterocycles. The summed E-state index contributed by atoms with van der Waals surface area (Å²) in [6, 6.07) is 16.4. The third-order valence-electron chi connectivity index (χ3n) is 3.64. The molecule has 0 heterocycles. The second kappa shape index (κ2) is 7.83. The molecular formula is C18H23N3OS. The molecular weight excluding hydrogens is 306 g/mol. The van der Waals surface area contributed by atoms with Gasteiger partial charge in [0.25, 0.3) is 0 Å². The van der Waals surface area contributed by atoms with Crippen molar-refractivity contribution in [3.63, 3.8) is 0 Å². The van der Waals surface area contributed by atoms with Crippen LogP contribution in [0.2, 0.25) is 0 Å². The van der Waals surface area contributed by atoms with Gasteiger partial charge in [-0.1, -0.05) is 12.1 Å². The molecule has 0 bridgehead atoms. The number of benzene rings is 2. The van der Waals surface area contributed by atoms with E-state index in [1.807, 2.05) is 45.4 Å². The van der Waals surface area contributed by atoms with Gasteiger partial charge in [-0.25, -0.2) is 0 Å². The van der Waals surface area contributed by atoms with E-state index in [2.05, 4.69) is 39.4 Å². The molecule has 0 spiro atoms. The van der Waals surface area contributed by atoms with Gasteiger partial charge in [-0.2, -0.15) is 0 Å². The van der Waals surface area contributed by atoms with Gasteiger partial charge < -0.3 is 19.9 Å². The van der Waals surface area contributed by atoms with E-state index in [1.165, 1.54) is 11.3 Å². The number of rotatable bonds is 5. The van der Waals surface area contributed by atoms with Crippen LogP contribution in [-0.4, -0.2) is 33.4 Å². The lowest BCUT2D eigenvalue weighted by atomic mass is 10.1. The van der Waals surface area contributed by atoms with Crippen LogP contribution in [0.1, 0.15) is 5.56 Å². The van der Waals surface area contributed by atoms with Crippen molar-refractivity contribution in [1.82, 2.24) is 5.32 Å². The average molecular weight is 329 g/mol. The molecule has 2 aromatic carbocycles. The van der Waals surface area contributed by atoms with Gasteiger partial charge in [0.15, 0.2) is 5.11 Å². The minimum Gasteiger partial charge on any atom is -0.497 e. The highest BCUT2D eigenvalue weighted by atomic mass is 32.1. The molecule has 0 unspecified atom stereocenters. The minimum atomic E-state index is 0.687. The van der Waals surface area contributed by atoms with E-state index in [0.29, 0.717) is 11.7 Å². The number of ether oxygens (including phenoxy) is 1. The Labute approximate surface area is 143 Å². The van der Waals surface area contributed by atoms with Crippen LogP contribution in [0.5, 0.6) is 5.75 Å². The zero-order valence-electron chi connectivity index (χ0n) is 14.0. The Morgan fingerprint density at radius 1 is 1.00 bits per heavy atom. The molecule has 0 aliphatic rings. The number of methoxy groups -OCH3 is 1. The number of anilines is 2. The van der Waals surface area contributed by atoms with Crippen molar-refractivity contribution in [3.05, 3.63) is 54.1 Å². The largest absolute Gasteiger partial charge is 0.497 e. The maximum Gasteiger partial charge on any atom is 0.173 e. The van der Waals surface area contributed by atoms with Gasteiger partial charge in [-0.3, -0.25) is 0 Å². The smallest absolute Gasteiger partial charge is 0.173 e. The van der Waals surface area contributed by atoms with E-state index >= 15 is 0 Å². The van der Waals surface area contributed by atoms with Gasteiger partial charge in [-0.15, -0.1) is 0 Å². The first-order valence-electron chi connectivity index (χ1n) is 7.44. The third-order valence-corrected chi connectivity index (χ3v) is 4.06. The van der Waals surface area contributed by atoms with Gasteiger partial charge >= 0.3 is 0 Å². The highest BCUT2D eigenvalue weighted by molar-refractivity contribution is 7.80. The van der Waals surface area contributed by atoms with Crippen molar-refractivity contribution >= 4 is 28.7 Å². The summed E-state index contributed by atoms with van der Waals surface area (Å²) < 4.78 is 5.22. The lowest BCUT2D eigenvalue weighted by Crippen LogP contribution is -2.37. The van der Waals surface area contributed by atoms with Crippen molar-refractivity contribution in [2.45, 2.75) is 6.54 Å². The summed E-state index contributed by atoms with van der Waals surface area (Å²) in [6.07, 6.45) is 0. The van der Waals surface area contributed by atoms with Crippen molar-refractivity contribution < 1.29 is 4.74 Å². The average Bonchev–Trinajstić information content (AvgIpc) is 2.59. The van der Waals surface area contributed by atoms with Crippen LogP contribution in [-0.2, 0) is 6.54 Å². The van der Waals surface area contributed by atoms with Crippen LogP contribution in [0.25, 0.3) is 0 Å². The molecule has 1 N–H and O–H groups in total. The van der Waals surface area contributed by atoms with Gasteiger partial charge in [0.05, 0.1) is 13.7 Å². The molecule has 4 nitrogen and oxygen atoms in total. The molecule has 0 aromatic heterocycles. The fraction of sp³-hybridized carbons (Fsp3) is 0.278. The number of thiocarbonyl (C=S) groups is 1. The first-order chi connectivity index (χ1) is 11.0. The van der Waals surface area contributed by atoms with Gasteiger partial charge in [-0.05, 0) is 54.2 Å². The van der Waals surface area contributed by atoms with E-state index in [9.17, 15) is 0 Å². The van der Waals surface area contributed by atoms with E-state index in [0.717, 1.165) is 11.4 Å². The fourth-order valence-electron chi connectivity index (χ4n) is 2.26. The number of hydrogen-bond acceptors (Lipinski definition) is 3. The predicted molar refractivity (Wildman–Crippen MR) is 102 cm³/mol. The molecule has 0 aliphatic heterocycles. The van der Waals surface area contributed by atoms with E-state index in [1.54, 1.807) is 7.11 Å². The van der Waals surface area contributed by atoms with E-state index in [4.69, 9.17) is 17.0 Å². The first-order valence-corrected chi connectivity index (χ1v) is 7.85. The number of nitrogens with one attached hydrogen (secondary N) is 1. The Kier molecular flexibility index (Phi) is 5.82. The monoisotopic (exact) mass is 329 g/mol. The molecule has 23 heavy (non-hydrogen) atoms. The molecule has 122 valence electrons. The maximum absolute atomic E-state index is 5.46. The third kappa shape index (κ3) is 4.36. The summed E-state index contributed by atoms with van der Waals surface area (Å²) in [4.78, 5) is 4.16. The van der Waals surface area contributed by atoms with Crippen LogP contribution >= 0.6 is 12.2 Å². The lowest BCUT2D eigenvalue weighted by Gasteiger charge is -2.25. The Morgan fingerprint density at radius 2 is 1.57 bits per heavy atom. The van der Waals surface area contributed by atoms with E-state index in [-0.39, 0.29) is 0 Å².